The Balaban J connectivity index is 1.02. The third-order valence-electron chi connectivity index (χ3n) is 10.9. The molecule has 0 atom stereocenters. The second-order valence-corrected chi connectivity index (χ2v) is 15.2. The molecule has 0 aliphatic rings. The minimum absolute atomic E-state index is 0.871. The van der Waals surface area contributed by atoms with Crippen molar-refractivity contribution >= 4 is 81.3 Å². The molecule has 0 bridgehead atoms. The molecule has 2 aromatic heterocycles. The highest BCUT2D eigenvalue weighted by atomic mass is 32.1. The molecule has 0 saturated carbocycles. The molecule has 258 valence electrons. The maximum Gasteiger partial charge on any atom is 0.137 e. The smallest absolute Gasteiger partial charge is 0.137 e. The molecule has 0 spiro atoms. The van der Waals surface area contributed by atoms with Gasteiger partial charge in [-0.3, -0.25) is 0 Å². The normalized spacial score (nSPS) is 11.6. The van der Waals surface area contributed by atoms with Crippen molar-refractivity contribution in [1.82, 2.24) is 0 Å². The zero-order valence-corrected chi connectivity index (χ0v) is 30.6. The number of nitrogens with zero attached hydrogens (tertiary/aromatic N) is 1. The van der Waals surface area contributed by atoms with Gasteiger partial charge in [0.25, 0.3) is 0 Å². The molecular formula is C52H33NOS. The van der Waals surface area contributed by atoms with Gasteiger partial charge in [0.15, 0.2) is 0 Å². The Morgan fingerprint density at radius 1 is 0.327 bits per heavy atom. The largest absolute Gasteiger partial charge is 0.456 e. The first-order chi connectivity index (χ1) is 27.2. The molecule has 0 fully saturated rings. The predicted molar refractivity (Wildman–Crippen MR) is 235 cm³/mol. The molecule has 55 heavy (non-hydrogen) atoms. The van der Waals surface area contributed by atoms with E-state index < -0.39 is 0 Å². The highest BCUT2D eigenvalue weighted by Crippen LogP contribution is 2.42. The van der Waals surface area contributed by atoms with Crippen LogP contribution in [0.3, 0.4) is 0 Å². The lowest BCUT2D eigenvalue weighted by atomic mass is 9.95. The Labute approximate surface area is 322 Å². The molecule has 11 rings (SSSR count). The molecule has 9 aromatic carbocycles. The van der Waals surface area contributed by atoms with Crippen molar-refractivity contribution in [2.24, 2.45) is 0 Å². The molecule has 0 amide bonds. The average molecular weight is 720 g/mol. The van der Waals surface area contributed by atoms with Crippen LogP contribution in [-0.2, 0) is 0 Å². The Morgan fingerprint density at radius 2 is 0.945 bits per heavy atom. The third kappa shape index (κ3) is 5.48. The first-order valence-corrected chi connectivity index (χ1v) is 19.5. The summed E-state index contributed by atoms with van der Waals surface area (Å²) >= 11 is 1.85. The minimum atomic E-state index is 0.871. The number of para-hydroxylation sites is 1. The highest BCUT2D eigenvalue weighted by molar-refractivity contribution is 7.25. The fourth-order valence-corrected chi connectivity index (χ4v) is 9.26. The second-order valence-electron chi connectivity index (χ2n) is 14.1. The van der Waals surface area contributed by atoms with Crippen LogP contribution >= 0.6 is 11.3 Å². The monoisotopic (exact) mass is 719 g/mol. The van der Waals surface area contributed by atoms with Crippen LogP contribution in [0.4, 0.5) is 17.1 Å². The second kappa shape index (κ2) is 12.9. The summed E-state index contributed by atoms with van der Waals surface area (Å²) < 4.78 is 9.04. The molecule has 0 aliphatic heterocycles. The number of benzene rings is 9. The average Bonchev–Trinajstić information content (AvgIpc) is 3.82. The number of thiophene rings is 1. The fourth-order valence-electron chi connectivity index (χ4n) is 8.18. The summed E-state index contributed by atoms with van der Waals surface area (Å²) in [5.74, 6) is 0. The van der Waals surface area contributed by atoms with Gasteiger partial charge >= 0.3 is 0 Å². The molecule has 11 aromatic rings. The number of furan rings is 1. The van der Waals surface area contributed by atoms with Crippen molar-refractivity contribution in [1.29, 1.82) is 0 Å². The van der Waals surface area contributed by atoms with Crippen LogP contribution in [0, 0.1) is 0 Å². The van der Waals surface area contributed by atoms with Crippen molar-refractivity contribution in [3.8, 4) is 33.4 Å². The maximum atomic E-state index is 6.40. The van der Waals surface area contributed by atoms with Gasteiger partial charge in [-0.15, -0.1) is 11.3 Å². The van der Waals surface area contributed by atoms with E-state index in [4.69, 9.17) is 4.42 Å². The molecule has 0 aliphatic carbocycles. The van der Waals surface area contributed by atoms with E-state index in [1.54, 1.807) is 0 Å². The van der Waals surface area contributed by atoms with Gasteiger partial charge in [-0.1, -0.05) is 127 Å². The topological polar surface area (TPSA) is 16.4 Å². The van der Waals surface area contributed by atoms with Crippen LogP contribution < -0.4 is 4.90 Å². The lowest BCUT2D eigenvalue weighted by Gasteiger charge is -2.26. The van der Waals surface area contributed by atoms with Crippen LogP contribution in [0.1, 0.15) is 0 Å². The number of fused-ring (bicyclic) bond motifs is 7. The maximum absolute atomic E-state index is 6.40. The summed E-state index contributed by atoms with van der Waals surface area (Å²) in [5.41, 5.74) is 12.1. The zero-order chi connectivity index (χ0) is 36.3. The summed E-state index contributed by atoms with van der Waals surface area (Å²) in [5, 5.41) is 7.37. The molecule has 2 heterocycles. The lowest BCUT2D eigenvalue weighted by molar-refractivity contribution is 0.669. The van der Waals surface area contributed by atoms with Crippen LogP contribution in [-0.4, -0.2) is 0 Å². The van der Waals surface area contributed by atoms with Crippen molar-refractivity contribution in [2.75, 3.05) is 4.90 Å². The van der Waals surface area contributed by atoms with Crippen LogP contribution in [0.25, 0.3) is 86.3 Å². The summed E-state index contributed by atoms with van der Waals surface area (Å²) in [4.78, 5) is 2.34. The van der Waals surface area contributed by atoms with E-state index >= 15 is 0 Å². The molecule has 0 saturated heterocycles. The Kier molecular flexibility index (Phi) is 7.39. The van der Waals surface area contributed by atoms with Crippen molar-refractivity contribution in [2.45, 2.75) is 0 Å². The van der Waals surface area contributed by atoms with Crippen molar-refractivity contribution in [3.05, 3.63) is 200 Å². The van der Waals surface area contributed by atoms with E-state index in [0.29, 0.717) is 0 Å². The zero-order valence-electron chi connectivity index (χ0n) is 29.8. The quantitative estimate of drug-likeness (QED) is 0.170. The first kappa shape index (κ1) is 31.6. The van der Waals surface area contributed by atoms with Gasteiger partial charge in [0.1, 0.15) is 11.2 Å². The minimum Gasteiger partial charge on any atom is -0.456 e. The standard InChI is InChI=1S/C52H33NOS/c1-2-16-43-35(10-1)11-9-19-44(43)39-14-7-12-36(30-39)37-13-8-15-41(31-37)53(42-27-28-46-45-17-3-5-20-49(45)54-50(46)33-42)40-25-22-34(23-26-40)38-24-29-52-48(32-38)47-18-4-6-21-51(47)55-52/h1-33H. The lowest BCUT2D eigenvalue weighted by Crippen LogP contribution is -2.10. The van der Waals surface area contributed by atoms with Gasteiger partial charge in [-0.2, -0.15) is 0 Å². The van der Waals surface area contributed by atoms with E-state index in [2.05, 4.69) is 193 Å². The van der Waals surface area contributed by atoms with Crippen LogP contribution in [0.5, 0.6) is 0 Å². The molecular weight excluding hydrogens is 687 g/mol. The molecule has 0 N–H and O–H groups in total. The van der Waals surface area contributed by atoms with Crippen LogP contribution in [0.2, 0.25) is 0 Å². The summed E-state index contributed by atoms with van der Waals surface area (Å²) in [6, 6.07) is 72.3. The van der Waals surface area contributed by atoms with E-state index in [-0.39, 0.29) is 0 Å². The van der Waals surface area contributed by atoms with E-state index in [9.17, 15) is 0 Å². The molecule has 0 unspecified atom stereocenters. The molecule has 0 radical (unpaired) electrons. The SMILES string of the molecule is c1cc(-c2cccc(N(c3ccc(-c4ccc5sc6ccccc6c5c4)cc3)c3ccc4c(c3)oc3ccccc34)c2)cc(-c2cccc3ccccc23)c1. The van der Waals surface area contributed by atoms with Gasteiger partial charge in [0.05, 0.1) is 0 Å². The predicted octanol–water partition coefficient (Wildman–Crippen LogP) is 15.6. The van der Waals surface area contributed by atoms with Gasteiger partial charge in [0.2, 0.25) is 0 Å². The van der Waals surface area contributed by atoms with E-state index in [1.165, 1.54) is 58.8 Å². The molecule has 3 heteroatoms. The van der Waals surface area contributed by atoms with Gasteiger partial charge in [-0.25, -0.2) is 0 Å². The van der Waals surface area contributed by atoms with Crippen molar-refractivity contribution in [3.63, 3.8) is 0 Å². The van der Waals surface area contributed by atoms with Crippen LogP contribution in [0.15, 0.2) is 205 Å². The summed E-state index contributed by atoms with van der Waals surface area (Å²) in [7, 11) is 0. The fraction of sp³-hybridized carbons (Fsp3) is 0. The Bertz CT molecular complexity index is 3220. The number of hydrogen-bond acceptors (Lipinski definition) is 3. The number of anilines is 3. The Hall–Kier alpha value is -6.94. The van der Waals surface area contributed by atoms with Gasteiger partial charge in [-0.05, 0) is 111 Å². The Morgan fingerprint density at radius 3 is 1.85 bits per heavy atom. The van der Waals surface area contributed by atoms with Crippen molar-refractivity contribution < 1.29 is 4.42 Å². The highest BCUT2D eigenvalue weighted by Gasteiger charge is 2.17. The van der Waals surface area contributed by atoms with Gasteiger partial charge < -0.3 is 9.32 Å². The summed E-state index contributed by atoms with van der Waals surface area (Å²) in [6.45, 7) is 0. The number of rotatable bonds is 6. The van der Waals surface area contributed by atoms with Gasteiger partial charge in [0, 0.05) is 54.1 Å². The first-order valence-electron chi connectivity index (χ1n) is 18.7. The molecule has 2 nitrogen and oxygen atoms in total. The summed E-state index contributed by atoms with van der Waals surface area (Å²) in [6.07, 6.45) is 0. The van der Waals surface area contributed by atoms with E-state index in [1.807, 2.05) is 23.5 Å². The number of hydrogen-bond donors (Lipinski definition) is 0. The van der Waals surface area contributed by atoms with E-state index in [0.717, 1.165) is 44.6 Å². The third-order valence-corrected chi connectivity index (χ3v) is 12.0.